The molecule has 0 saturated carbocycles. The van der Waals surface area contributed by atoms with Crippen molar-refractivity contribution >= 4 is 6.09 Å². The lowest BCUT2D eigenvalue weighted by Crippen LogP contribution is -2.15. The van der Waals surface area contributed by atoms with E-state index in [-0.39, 0.29) is 0 Å². The van der Waals surface area contributed by atoms with Gasteiger partial charge in [-0.1, -0.05) is 20.8 Å². The molecule has 0 unspecified atom stereocenters. The average molecular weight is 179 g/mol. The predicted octanol–water partition coefficient (Wildman–Crippen LogP) is 1.82. The summed E-state index contributed by atoms with van der Waals surface area (Å²) in [6, 6.07) is 0. The smallest absolute Gasteiger partial charge is 0.402 e. The summed E-state index contributed by atoms with van der Waals surface area (Å²) in [6.45, 7) is 9.56. The molecule has 1 amide bonds. The Kier molecular flexibility index (Phi) is 14.8. The molecular formula is C8H21NO3. The number of carboxylic acid groups (broad SMARTS) is 1. The molecule has 0 spiro atoms. The minimum Gasteiger partial charge on any atom is -0.465 e. The predicted molar refractivity (Wildman–Crippen MR) is 50.1 cm³/mol. The van der Waals surface area contributed by atoms with Crippen LogP contribution in [0.25, 0.3) is 0 Å². The van der Waals surface area contributed by atoms with Crippen molar-refractivity contribution in [1.82, 2.24) is 0 Å². The van der Waals surface area contributed by atoms with Gasteiger partial charge in [0.2, 0.25) is 0 Å². The molecule has 0 aliphatic heterocycles. The number of aliphatic hydroxyl groups is 1. The van der Waals surface area contributed by atoms with Crippen LogP contribution in [0.1, 0.15) is 41.0 Å². The van der Waals surface area contributed by atoms with Crippen LogP contribution in [0, 0.1) is 0 Å². The van der Waals surface area contributed by atoms with Crippen molar-refractivity contribution in [3.05, 3.63) is 0 Å². The minimum absolute atomic E-state index is 0.458. The molecule has 0 saturated heterocycles. The van der Waals surface area contributed by atoms with Gasteiger partial charge in [-0.2, -0.15) is 0 Å². The SMILES string of the molecule is CC.CCC(C)(C)O.NC(=O)O. The summed E-state index contributed by atoms with van der Waals surface area (Å²) in [5.41, 5.74) is 3.57. The third kappa shape index (κ3) is 126. The van der Waals surface area contributed by atoms with Gasteiger partial charge in [-0.05, 0) is 20.3 Å². The summed E-state index contributed by atoms with van der Waals surface area (Å²) in [4.78, 5) is 8.78. The number of carbonyl (C=O) groups is 1. The Labute approximate surface area is 74.4 Å². The summed E-state index contributed by atoms with van der Waals surface area (Å²) < 4.78 is 0. The largest absolute Gasteiger partial charge is 0.465 e. The molecule has 0 aliphatic carbocycles. The molecule has 0 fully saturated rings. The van der Waals surface area contributed by atoms with Gasteiger partial charge in [0.1, 0.15) is 0 Å². The fourth-order valence-corrected chi connectivity index (χ4v) is 0. The highest BCUT2D eigenvalue weighted by atomic mass is 16.4. The second-order valence-corrected chi connectivity index (χ2v) is 2.50. The van der Waals surface area contributed by atoms with Crippen LogP contribution in [0.15, 0.2) is 0 Å². The molecule has 0 heterocycles. The van der Waals surface area contributed by atoms with E-state index in [1.165, 1.54) is 0 Å². The summed E-state index contributed by atoms with van der Waals surface area (Å²) in [7, 11) is 0. The summed E-state index contributed by atoms with van der Waals surface area (Å²) in [5, 5.41) is 16.0. The molecule has 0 radical (unpaired) electrons. The Morgan fingerprint density at radius 3 is 1.50 bits per heavy atom. The maximum atomic E-state index is 8.83. The van der Waals surface area contributed by atoms with Gasteiger partial charge in [0.25, 0.3) is 0 Å². The Hall–Kier alpha value is -0.770. The molecule has 4 heteroatoms. The van der Waals surface area contributed by atoms with E-state index >= 15 is 0 Å². The fourth-order valence-electron chi connectivity index (χ4n) is 0. The summed E-state index contributed by atoms with van der Waals surface area (Å²) >= 11 is 0. The van der Waals surface area contributed by atoms with E-state index in [2.05, 4.69) is 5.73 Å². The van der Waals surface area contributed by atoms with Crippen molar-refractivity contribution in [2.45, 2.75) is 46.6 Å². The zero-order valence-electron chi connectivity index (χ0n) is 8.59. The zero-order chi connectivity index (χ0) is 10.8. The molecule has 0 aromatic carbocycles. The van der Waals surface area contributed by atoms with Crippen LogP contribution in [0.3, 0.4) is 0 Å². The Morgan fingerprint density at radius 2 is 1.50 bits per heavy atom. The van der Waals surface area contributed by atoms with E-state index < -0.39 is 11.7 Å². The molecule has 76 valence electrons. The van der Waals surface area contributed by atoms with Crippen LogP contribution in [0.5, 0.6) is 0 Å². The van der Waals surface area contributed by atoms with E-state index in [0.29, 0.717) is 0 Å². The molecule has 0 atom stereocenters. The first-order valence-corrected chi connectivity index (χ1v) is 4.00. The molecule has 4 nitrogen and oxygen atoms in total. The van der Waals surface area contributed by atoms with Crippen LogP contribution >= 0.6 is 0 Å². The second kappa shape index (κ2) is 10.2. The van der Waals surface area contributed by atoms with Crippen LogP contribution in [0.4, 0.5) is 4.79 Å². The van der Waals surface area contributed by atoms with E-state index in [9.17, 15) is 0 Å². The third-order valence-corrected chi connectivity index (χ3v) is 0.865. The van der Waals surface area contributed by atoms with Gasteiger partial charge in [0.15, 0.2) is 0 Å². The van der Waals surface area contributed by atoms with Gasteiger partial charge in [-0.3, -0.25) is 0 Å². The molecule has 0 aliphatic rings. The first kappa shape index (κ1) is 17.4. The van der Waals surface area contributed by atoms with Crippen molar-refractivity contribution in [2.75, 3.05) is 0 Å². The average Bonchev–Trinajstić information content (AvgIpc) is 1.90. The van der Waals surface area contributed by atoms with Crippen LogP contribution in [-0.4, -0.2) is 21.9 Å². The number of primary amides is 1. The lowest BCUT2D eigenvalue weighted by molar-refractivity contribution is 0.0765. The summed E-state index contributed by atoms with van der Waals surface area (Å²) in [5.74, 6) is 0. The maximum Gasteiger partial charge on any atom is 0.402 e. The van der Waals surface area contributed by atoms with Crippen LogP contribution in [0.2, 0.25) is 0 Å². The number of hydrogen-bond donors (Lipinski definition) is 3. The maximum absolute atomic E-state index is 8.83. The highest BCUT2D eigenvalue weighted by Gasteiger charge is 2.05. The molecule has 0 bridgehead atoms. The first-order chi connectivity index (χ1) is 5.29. The number of nitrogens with two attached hydrogens (primary N) is 1. The number of rotatable bonds is 1. The lowest BCUT2D eigenvalue weighted by Gasteiger charge is -2.11. The van der Waals surface area contributed by atoms with Crippen LogP contribution < -0.4 is 5.73 Å². The molecule has 0 aromatic rings. The van der Waals surface area contributed by atoms with Gasteiger partial charge in [-0.25, -0.2) is 4.79 Å². The standard InChI is InChI=1S/C5H12O.C2H6.CH3NO2/c1-4-5(2,3)6;1-2;2-1(3)4/h6H,4H2,1-3H3;1-2H3;2H2,(H,3,4). The van der Waals surface area contributed by atoms with Gasteiger partial charge < -0.3 is 15.9 Å². The van der Waals surface area contributed by atoms with Gasteiger partial charge >= 0.3 is 6.09 Å². The van der Waals surface area contributed by atoms with Crippen LogP contribution in [-0.2, 0) is 0 Å². The van der Waals surface area contributed by atoms with E-state index in [0.717, 1.165) is 6.42 Å². The molecule has 4 N–H and O–H groups in total. The highest BCUT2D eigenvalue weighted by Crippen LogP contribution is 2.03. The van der Waals surface area contributed by atoms with Gasteiger partial charge in [0, 0.05) is 0 Å². The third-order valence-electron chi connectivity index (χ3n) is 0.865. The highest BCUT2D eigenvalue weighted by molar-refractivity contribution is 5.61. The molecule has 0 rings (SSSR count). The number of hydrogen-bond acceptors (Lipinski definition) is 2. The monoisotopic (exact) mass is 179 g/mol. The van der Waals surface area contributed by atoms with Gasteiger partial charge in [0.05, 0.1) is 5.60 Å². The number of amides is 1. The Bertz CT molecular complexity index is 93.0. The van der Waals surface area contributed by atoms with Crippen molar-refractivity contribution in [3.63, 3.8) is 0 Å². The van der Waals surface area contributed by atoms with Crippen molar-refractivity contribution < 1.29 is 15.0 Å². The molecule has 0 aromatic heterocycles. The van der Waals surface area contributed by atoms with E-state index in [1.54, 1.807) is 13.8 Å². The zero-order valence-corrected chi connectivity index (χ0v) is 8.59. The quantitative estimate of drug-likeness (QED) is 0.574. The minimum atomic E-state index is -1.33. The lowest BCUT2D eigenvalue weighted by atomic mass is 10.1. The topological polar surface area (TPSA) is 83.5 Å². The van der Waals surface area contributed by atoms with Crippen molar-refractivity contribution in [3.8, 4) is 0 Å². The normalized spacial score (nSPS) is 8.50. The van der Waals surface area contributed by atoms with Crippen molar-refractivity contribution in [1.29, 1.82) is 0 Å². The Balaban J connectivity index is -0.000000118. The first-order valence-electron chi connectivity index (χ1n) is 4.00. The van der Waals surface area contributed by atoms with Gasteiger partial charge in [-0.15, -0.1) is 0 Å². The Morgan fingerprint density at radius 1 is 1.42 bits per heavy atom. The second-order valence-electron chi connectivity index (χ2n) is 2.50. The van der Waals surface area contributed by atoms with E-state index in [1.807, 2.05) is 20.8 Å². The van der Waals surface area contributed by atoms with E-state index in [4.69, 9.17) is 15.0 Å². The molecule has 12 heavy (non-hydrogen) atoms. The molecular weight excluding hydrogens is 158 g/mol. The fraction of sp³-hybridized carbons (Fsp3) is 0.875. The summed E-state index contributed by atoms with van der Waals surface area (Å²) in [6.07, 6.45) is -0.507. The van der Waals surface area contributed by atoms with Crippen molar-refractivity contribution in [2.24, 2.45) is 5.73 Å².